The lowest BCUT2D eigenvalue weighted by atomic mass is 10.2. The van der Waals surface area contributed by atoms with Crippen LogP contribution in [0.1, 0.15) is 25.0 Å². The summed E-state index contributed by atoms with van der Waals surface area (Å²) in [5.74, 6) is 0.895. The zero-order valence-electron chi connectivity index (χ0n) is 11.9. The molecule has 1 N–H and O–H groups in total. The molecule has 0 radical (unpaired) electrons. The Hall–Kier alpha value is -1.32. The summed E-state index contributed by atoms with van der Waals surface area (Å²) in [6, 6.07) is 16.6. The minimum absolute atomic E-state index is 0.188. The molecular weight excluding hydrogens is 314 g/mol. The molecule has 0 saturated carbocycles. The van der Waals surface area contributed by atoms with Crippen LogP contribution in [0.15, 0.2) is 53.0 Å². The standard InChI is InChI=1S/C17H20BrNO/c1-13(2)20-17-9-8-15(10-16(17)18)12-19-11-14-6-4-3-5-7-14/h3-10,13,19H,11-12H2,1-2H3. The van der Waals surface area contributed by atoms with Crippen LogP contribution in [0.4, 0.5) is 0 Å². The molecule has 0 aliphatic carbocycles. The Morgan fingerprint density at radius 3 is 2.35 bits per heavy atom. The van der Waals surface area contributed by atoms with E-state index in [-0.39, 0.29) is 6.10 Å². The van der Waals surface area contributed by atoms with Crippen molar-refractivity contribution in [2.24, 2.45) is 0 Å². The van der Waals surface area contributed by atoms with Crippen molar-refractivity contribution in [3.8, 4) is 5.75 Å². The van der Waals surface area contributed by atoms with E-state index in [1.54, 1.807) is 0 Å². The van der Waals surface area contributed by atoms with Crippen LogP contribution < -0.4 is 10.1 Å². The van der Waals surface area contributed by atoms with Crippen molar-refractivity contribution in [2.75, 3.05) is 0 Å². The third-order valence-corrected chi connectivity index (χ3v) is 3.48. The molecule has 0 fully saturated rings. The first-order valence-corrected chi connectivity index (χ1v) is 7.64. The molecule has 2 aromatic carbocycles. The number of hydrogen-bond acceptors (Lipinski definition) is 2. The van der Waals surface area contributed by atoms with E-state index in [2.05, 4.69) is 57.6 Å². The Morgan fingerprint density at radius 1 is 1.00 bits per heavy atom. The fourth-order valence-corrected chi connectivity index (χ4v) is 2.47. The molecule has 106 valence electrons. The van der Waals surface area contributed by atoms with Gasteiger partial charge in [-0.3, -0.25) is 0 Å². The van der Waals surface area contributed by atoms with Crippen LogP contribution in [0.2, 0.25) is 0 Å². The monoisotopic (exact) mass is 333 g/mol. The number of hydrogen-bond donors (Lipinski definition) is 1. The van der Waals surface area contributed by atoms with Gasteiger partial charge >= 0.3 is 0 Å². The zero-order chi connectivity index (χ0) is 14.4. The predicted octanol–water partition coefficient (Wildman–Crippen LogP) is 4.53. The highest BCUT2D eigenvalue weighted by Gasteiger charge is 2.04. The minimum atomic E-state index is 0.188. The number of rotatable bonds is 6. The third-order valence-electron chi connectivity index (χ3n) is 2.86. The van der Waals surface area contributed by atoms with Gasteiger partial charge in [-0.15, -0.1) is 0 Å². The van der Waals surface area contributed by atoms with Crippen molar-refractivity contribution < 1.29 is 4.74 Å². The quantitative estimate of drug-likeness (QED) is 0.838. The molecular formula is C17H20BrNO. The van der Waals surface area contributed by atoms with E-state index in [1.807, 2.05) is 26.0 Å². The average molecular weight is 334 g/mol. The van der Waals surface area contributed by atoms with Crippen molar-refractivity contribution in [1.29, 1.82) is 0 Å². The summed E-state index contributed by atoms with van der Waals surface area (Å²) < 4.78 is 6.71. The van der Waals surface area contributed by atoms with Gasteiger partial charge < -0.3 is 10.1 Å². The van der Waals surface area contributed by atoms with E-state index in [0.29, 0.717) is 0 Å². The zero-order valence-corrected chi connectivity index (χ0v) is 13.5. The van der Waals surface area contributed by atoms with Crippen molar-refractivity contribution in [3.05, 3.63) is 64.1 Å². The molecule has 0 aromatic heterocycles. The Labute approximate surface area is 129 Å². The number of ether oxygens (including phenoxy) is 1. The molecule has 0 atom stereocenters. The van der Waals surface area contributed by atoms with Crippen LogP contribution in [-0.4, -0.2) is 6.10 Å². The van der Waals surface area contributed by atoms with Gasteiger partial charge in [-0.05, 0) is 53.0 Å². The smallest absolute Gasteiger partial charge is 0.133 e. The Balaban J connectivity index is 1.89. The summed E-state index contributed by atoms with van der Waals surface area (Å²) in [5, 5.41) is 3.44. The van der Waals surface area contributed by atoms with Gasteiger partial charge in [0.2, 0.25) is 0 Å². The van der Waals surface area contributed by atoms with Gasteiger partial charge in [-0.25, -0.2) is 0 Å². The lowest BCUT2D eigenvalue weighted by molar-refractivity contribution is 0.241. The van der Waals surface area contributed by atoms with Crippen LogP contribution in [0.25, 0.3) is 0 Å². The van der Waals surface area contributed by atoms with Gasteiger partial charge in [-0.2, -0.15) is 0 Å². The van der Waals surface area contributed by atoms with E-state index in [0.717, 1.165) is 23.3 Å². The lowest BCUT2D eigenvalue weighted by Gasteiger charge is -2.13. The maximum atomic E-state index is 5.71. The van der Waals surface area contributed by atoms with Crippen LogP contribution in [0.3, 0.4) is 0 Å². The van der Waals surface area contributed by atoms with Gasteiger partial charge in [0.15, 0.2) is 0 Å². The summed E-state index contributed by atoms with van der Waals surface area (Å²) in [5.41, 5.74) is 2.54. The first-order valence-electron chi connectivity index (χ1n) is 6.85. The molecule has 0 spiro atoms. The lowest BCUT2D eigenvalue weighted by Crippen LogP contribution is -2.12. The predicted molar refractivity (Wildman–Crippen MR) is 86.9 cm³/mol. The van der Waals surface area contributed by atoms with E-state index in [4.69, 9.17) is 4.74 Å². The van der Waals surface area contributed by atoms with Gasteiger partial charge in [0.05, 0.1) is 10.6 Å². The molecule has 0 aliphatic heterocycles. The van der Waals surface area contributed by atoms with E-state index in [9.17, 15) is 0 Å². The largest absolute Gasteiger partial charge is 0.490 e. The second-order valence-electron chi connectivity index (χ2n) is 5.02. The highest BCUT2D eigenvalue weighted by molar-refractivity contribution is 9.10. The number of halogens is 1. The topological polar surface area (TPSA) is 21.3 Å². The van der Waals surface area contributed by atoms with Crippen molar-refractivity contribution in [3.63, 3.8) is 0 Å². The SMILES string of the molecule is CC(C)Oc1ccc(CNCc2ccccc2)cc1Br. The number of benzene rings is 2. The molecule has 2 aromatic rings. The Kier molecular flexibility index (Phi) is 5.62. The summed E-state index contributed by atoms with van der Waals surface area (Å²) >= 11 is 3.56. The molecule has 2 nitrogen and oxygen atoms in total. The maximum Gasteiger partial charge on any atom is 0.133 e. The summed E-state index contributed by atoms with van der Waals surface area (Å²) in [6.07, 6.45) is 0.188. The number of nitrogens with one attached hydrogen (secondary N) is 1. The van der Waals surface area contributed by atoms with Gasteiger partial charge in [0, 0.05) is 13.1 Å². The van der Waals surface area contributed by atoms with Gasteiger partial charge in [0.25, 0.3) is 0 Å². The minimum Gasteiger partial charge on any atom is -0.490 e. The molecule has 0 bridgehead atoms. The van der Waals surface area contributed by atoms with E-state index >= 15 is 0 Å². The van der Waals surface area contributed by atoms with Crippen LogP contribution in [0.5, 0.6) is 5.75 Å². The second kappa shape index (κ2) is 7.46. The molecule has 0 heterocycles. The summed E-state index contributed by atoms with van der Waals surface area (Å²) in [6.45, 7) is 5.78. The normalized spacial score (nSPS) is 10.8. The highest BCUT2D eigenvalue weighted by Crippen LogP contribution is 2.26. The fourth-order valence-electron chi connectivity index (χ4n) is 1.95. The van der Waals surface area contributed by atoms with Crippen LogP contribution in [0, 0.1) is 0 Å². The first kappa shape index (κ1) is 15.1. The molecule has 2 rings (SSSR count). The molecule has 0 aliphatic rings. The fraction of sp³-hybridized carbons (Fsp3) is 0.294. The molecule has 20 heavy (non-hydrogen) atoms. The third kappa shape index (κ3) is 4.66. The molecule has 0 saturated heterocycles. The van der Waals surface area contributed by atoms with Crippen molar-refractivity contribution in [1.82, 2.24) is 5.32 Å². The van der Waals surface area contributed by atoms with E-state index < -0.39 is 0 Å². The van der Waals surface area contributed by atoms with Crippen LogP contribution in [-0.2, 0) is 13.1 Å². The molecule has 0 amide bonds. The molecule has 0 unspecified atom stereocenters. The highest BCUT2D eigenvalue weighted by atomic mass is 79.9. The van der Waals surface area contributed by atoms with Crippen molar-refractivity contribution in [2.45, 2.75) is 33.0 Å². The van der Waals surface area contributed by atoms with Crippen LogP contribution >= 0.6 is 15.9 Å². The average Bonchev–Trinajstić information content (AvgIpc) is 2.43. The maximum absolute atomic E-state index is 5.71. The molecule has 3 heteroatoms. The van der Waals surface area contributed by atoms with E-state index in [1.165, 1.54) is 11.1 Å². The first-order chi connectivity index (χ1) is 9.65. The Bertz CT molecular complexity index is 540. The summed E-state index contributed by atoms with van der Waals surface area (Å²) in [7, 11) is 0. The summed E-state index contributed by atoms with van der Waals surface area (Å²) in [4.78, 5) is 0. The van der Waals surface area contributed by atoms with Crippen molar-refractivity contribution >= 4 is 15.9 Å². The van der Waals surface area contributed by atoms with Gasteiger partial charge in [0.1, 0.15) is 5.75 Å². The second-order valence-corrected chi connectivity index (χ2v) is 5.87. The van der Waals surface area contributed by atoms with Gasteiger partial charge in [-0.1, -0.05) is 36.4 Å². The Morgan fingerprint density at radius 2 is 1.70 bits per heavy atom.